The van der Waals surface area contributed by atoms with E-state index in [1.54, 1.807) is 12.1 Å². The van der Waals surface area contributed by atoms with Gasteiger partial charge >= 0.3 is 0 Å². The second kappa shape index (κ2) is 6.31. The lowest BCUT2D eigenvalue weighted by molar-refractivity contribution is 0.523. The van der Waals surface area contributed by atoms with Crippen LogP contribution in [0.3, 0.4) is 0 Å². The van der Waals surface area contributed by atoms with E-state index >= 15 is 0 Å². The molecule has 3 rings (SSSR count). The Labute approximate surface area is 128 Å². The minimum atomic E-state index is -0.382. The largest absolute Gasteiger partial charge is 0.382 e. The number of hydrogen-bond donors (Lipinski definition) is 1. The van der Waals surface area contributed by atoms with Crippen molar-refractivity contribution in [3.05, 3.63) is 53.4 Å². The van der Waals surface area contributed by atoms with E-state index in [1.807, 2.05) is 24.4 Å². The summed E-state index contributed by atoms with van der Waals surface area (Å²) in [5, 5.41) is 3.58. The van der Waals surface area contributed by atoms with Crippen LogP contribution < -0.4 is 10.2 Å². The molecule has 1 aliphatic rings. The first-order valence-electron chi connectivity index (χ1n) is 7.10. The van der Waals surface area contributed by atoms with Gasteiger partial charge in [0.05, 0.1) is 5.02 Å². The van der Waals surface area contributed by atoms with E-state index < -0.39 is 0 Å². The molecule has 0 bridgehead atoms. The lowest BCUT2D eigenvalue weighted by atomic mass is 10.0. The minimum absolute atomic E-state index is 0.158. The van der Waals surface area contributed by atoms with Gasteiger partial charge in [0.25, 0.3) is 0 Å². The summed E-state index contributed by atoms with van der Waals surface area (Å²) in [4.78, 5) is 6.67. The molecule has 1 aliphatic heterocycles. The fraction of sp³-hybridized carbons (Fsp3) is 0.312. The molecule has 0 atom stereocenters. The van der Waals surface area contributed by atoms with E-state index in [-0.39, 0.29) is 10.8 Å². The number of pyridine rings is 1. The normalized spacial score (nSPS) is 16.0. The van der Waals surface area contributed by atoms with Crippen LogP contribution in [-0.4, -0.2) is 24.1 Å². The van der Waals surface area contributed by atoms with Gasteiger partial charge in [-0.15, -0.1) is 0 Å². The van der Waals surface area contributed by atoms with Gasteiger partial charge in [-0.25, -0.2) is 9.37 Å². The van der Waals surface area contributed by atoms with E-state index in [4.69, 9.17) is 11.6 Å². The summed E-state index contributed by atoms with van der Waals surface area (Å²) in [6.07, 6.45) is 3.86. The van der Waals surface area contributed by atoms with Crippen LogP contribution in [0.4, 0.5) is 15.9 Å². The number of hydrogen-bond acceptors (Lipinski definition) is 3. The summed E-state index contributed by atoms with van der Waals surface area (Å²) < 4.78 is 13.1. The van der Waals surface area contributed by atoms with Crippen molar-refractivity contribution in [1.29, 1.82) is 0 Å². The average molecular weight is 306 g/mol. The molecule has 1 N–H and O–H groups in total. The Balaban J connectivity index is 1.57. The maximum Gasteiger partial charge on any atom is 0.141 e. The number of nitrogens with one attached hydrogen (secondary N) is 1. The first kappa shape index (κ1) is 14.1. The highest BCUT2D eigenvalue weighted by atomic mass is 35.5. The van der Waals surface area contributed by atoms with Crippen LogP contribution in [0.1, 0.15) is 12.8 Å². The Morgan fingerprint density at radius 3 is 2.67 bits per heavy atom. The van der Waals surface area contributed by atoms with Crippen molar-refractivity contribution in [3.63, 3.8) is 0 Å². The maximum absolute atomic E-state index is 13.1. The number of halogens is 2. The van der Waals surface area contributed by atoms with Gasteiger partial charge in [-0.3, -0.25) is 0 Å². The molecule has 0 saturated carbocycles. The molecule has 2 aromatic rings. The molecule has 0 spiro atoms. The number of nitrogens with zero attached hydrogens (tertiary/aromatic N) is 2. The lowest BCUT2D eigenvalue weighted by Crippen LogP contribution is -2.39. The van der Waals surface area contributed by atoms with Gasteiger partial charge in [-0.1, -0.05) is 17.7 Å². The predicted molar refractivity (Wildman–Crippen MR) is 84.5 cm³/mol. The summed E-state index contributed by atoms with van der Waals surface area (Å²) >= 11 is 5.80. The van der Waals surface area contributed by atoms with Crippen LogP contribution in [0.15, 0.2) is 42.6 Å². The highest BCUT2D eigenvalue weighted by Gasteiger charge is 2.20. The molecule has 1 saturated heterocycles. The Bertz CT molecular complexity index is 598. The highest BCUT2D eigenvalue weighted by molar-refractivity contribution is 6.31. The quantitative estimate of drug-likeness (QED) is 0.930. The zero-order valence-corrected chi connectivity index (χ0v) is 12.4. The van der Waals surface area contributed by atoms with Crippen LogP contribution in [0, 0.1) is 5.82 Å². The van der Waals surface area contributed by atoms with Gasteiger partial charge in [-0.05, 0) is 43.2 Å². The third-order valence-electron chi connectivity index (χ3n) is 3.76. The van der Waals surface area contributed by atoms with Crippen molar-refractivity contribution in [2.75, 3.05) is 23.3 Å². The number of rotatable bonds is 3. The smallest absolute Gasteiger partial charge is 0.141 e. The monoisotopic (exact) mass is 305 g/mol. The first-order valence-corrected chi connectivity index (χ1v) is 7.48. The number of piperidine rings is 1. The number of benzene rings is 1. The van der Waals surface area contributed by atoms with E-state index in [0.717, 1.165) is 37.4 Å². The fourth-order valence-corrected chi connectivity index (χ4v) is 2.80. The molecule has 110 valence electrons. The van der Waals surface area contributed by atoms with Gasteiger partial charge in [0.2, 0.25) is 0 Å². The molecule has 5 heteroatoms. The van der Waals surface area contributed by atoms with Crippen LogP contribution in [0.5, 0.6) is 0 Å². The standard InChI is InChI=1S/C16H17ClFN3/c17-14-11-13(4-5-15(14)18)20-12-6-9-21(10-7-12)16-3-1-2-8-19-16/h1-5,8,11-12,20H,6-7,9-10H2. The van der Waals surface area contributed by atoms with Crippen molar-refractivity contribution in [3.8, 4) is 0 Å². The Morgan fingerprint density at radius 1 is 1.19 bits per heavy atom. The van der Waals surface area contributed by atoms with Crippen molar-refractivity contribution in [2.45, 2.75) is 18.9 Å². The van der Waals surface area contributed by atoms with Crippen LogP contribution in [-0.2, 0) is 0 Å². The maximum atomic E-state index is 13.1. The molecule has 1 fully saturated rings. The molecule has 0 unspecified atom stereocenters. The fourth-order valence-electron chi connectivity index (χ4n) is 2.62. The van der Waals surface area contributed by atoms with Crippen molar-refractivity contribution >= 4 is 23.1 Å². The molecule has 0 aliphatic carbocycles. The van der Waals surface area contributed by atoms with Crippen LogP contribution in [0.25, 0.3) is 0 Å². The van der Waals surface area contributed by atoms with Gasteiger partial charge in [-0.2, -0.15) is 0 Å². The van der Waals surface area contributed by atoms with Crippen molar-refractivity contribution in [1.82, 2.24) is 4.98 Å². The minimum Gasteiger partial charge on any atom is -0.382 e. The van der Waals surface area contributed by atoms with E-state index in [0.29, 0.717) is 6.04 Å². The Hall–Kier alpha value is -1.81. The zero-order valence-electron chi connectivity index (χ0n) is 11.6. The summed E-state index contributed by atoms with van der Waals surface area (Å²) in [6, 6.07) is 11.1. The third kappa shape index (κ3) is 3.45. The number of aromatic nitrogens is 1. The van der Waals surface area contributed by atoms with Gasteiger partial charge in [0, 0.05) is 31.0 Å². The molecule has 2 heterocycles. The molecular weight excluding hydrogens is 289 g/mol. The first-order chi connectivity index (χ1) is 10.2. The van der Waals surface area contributed by atoms with Crippen molar-refractivity contribution < 1.29 is 4.39 Å². The van der Waals surface area contributed by atoms with Crippen LogP contribution in [0.2, 0.25) is 5.02 Å². The lowest BCUT2D eigenvalue weighted by Gasteiger charge is -2.33. The molecule has 1 aromatic carbocycles. The third-order valence-corrected chi connectivity index (χ3v) is 4.05. The van der Waals surface area contributed by atoms with Gasteiger partial charge < -0.3 is 10.2 Å². The van der Waals surface area contributed by atoms with E-state index in [2.05, 4.69) is 15.2 Å². The Morgan fingerprint density at radius 2 is 2.00 bits per heavy atom. The summed E-state index contributed by atoms with van der Waals surface area (Å²) in [7, 11) is 0. The van der Waals surface area contributed by atoms with E-state index in [1.165, 1.54) is 6.07 Å². The molecule has 21 heavy (non-hydrogen) atoms. The van der Waals surface area contributed by atoms with Gasteiger partial charge in [0.15, 0.2) is 0 Å². The second-order valence-corrected chi connectivity index (χ2v) is 5.63. The SMILES string of the molecule is Fc1ccc(NC2CCN(c3ccccn3)CC2)cc1Cl. The second-order valence-electron chi connectivity index (χ2n) is 5.22. The average Bonchev–Trinajstić information content (AvgIpc) is 2.53. The molecule has 0 radical (unpaired) electrons. The molecule has 1 aromatic heterocycles. The summed E-state index contributed by atoms with van der Waals surface area (Å²) in [5.41, 5.74) is 0.873. The predicted octanol–water partition coefficient (Wildman–Crippen LogP) is 3.96. The topological polar surface area (TPSA) is 28.2 Å². The molecule has 0 amide bonds. The molecule has 3 nitrogen and oxygen atoms in total. The summed E-state index contributed by atoms with van der Waals surface area (Å²) in [5.74, 6) is 0.646. The highest BCUT2D eigenvalue weighted by Crippen LogP contribution is 2.23. The molecular formula is C16H17ClFN3. The zero-order chi connectivity index (χ0) is 14.7. The van der Waals surface area contributed by atoms with E-state index in [9.17, 15) is 4.39 Å². The van der Waals surface area contributed by atoms with Gasteiger partial charge in [0.1, 0.15) is 11.6 Å². The van der Waals surface area contributed by atoms with Crippen LogP contribution >= 0.6 is 11.6 Å². The number of anilines is 2. The van der Waals surface area contributed by atoms with Crippen molar-refractivity contribution in [2.24, 2.45) is 0 Å². The summed E-state index contributed by atoms with van der Waals surface area (Å²) in [6.45, 7) is 1.92. The Kier molecular flexibility index (Phi) is 4.25.